The molecule has 3 aliphatic rings. The van der Waals surface area contributed by atoms with Crippen LogP contribution >= 0.6 is 0 Å². The highest BCUT2D eigenvalue weighted by atomic mass is 16.6. The molecule has 34 heavy (non-hydrogen) atoms. The molecule has 0 bridgehead atoms. The number of carboxylic acids is 1. The van der Waals surface area contributed by atoms with Crippen LogP contribution in [-0.2, 0) is 9.53 Å². The van der Waals surface area contributed by atoms with E-state index in [-0.39, 0.29) is 31.1 Å². The molecule has 0 aromatic heterocycles. The minimum Gasteiger partial charge on any atom is -0.481 e. The fraction of sp³-hybridized carbons (Fsp3) is 0.517. The van der Waals surface area contributed by atoms with E-state index in [0.29, 0.717) is 18.4 Å². The molecule has 5 rings (SSSR count). The van der Waals surface area contributed by atoms with Crippen LogP contribution in [0.15, 0.2) is 48.5 Å². The molecule has 2 atom stereocenters. The van der Waals surface area contributed by atoms with Crippen LogP contribution in [0.2, 0.25) is 0 Å². The van der Waals surface area contributed by atoms with Crippen molar-refractivity contribution in [2.45, 2.75) is 45.4 Å². The molecule has 2 aliphatic carbocycles. The predicted octanol–water partition coefficient (Wildman–Crippen LogP) is 6.03. The van der Waals surface area contributed by atoms with Crippen LogP contribution in [0.5, 0.6) is 0 Å². The van der Waals surface area contributed by atoms with Gasteiger partial charge in [-0.2, -0.15) is 0 Å². The highest BCUT2D eigenvalue weighted by Crippen LogP contribution is 2.45. The maximum Gasteiger partial charge on any atom is 0.409 e. The third kappa shape index (κ3) is 4.21. The zero-order chi connectivity index (χ0) is 23.8. The summed E-state index contributed by atoms with van der Waals surface area (Å²) < 4.78 is 5.83. The van der Waals surface area contributed by atoms with E-state index in [1.807, 2.05) is 24.3 Å². The lowest BCUT2D eigenvalue weighted by atomic mass is 9.70. The molecule has 1 saturated heterocycles. The molecule has 2 fully saturated rings. The Labute approximate surface area is 202 Å². The van der Waals surface area contributed by atoms with Crippen molar-refractivity contribution >= 4 is 12.1 Å². The number of ether oxygens (including phenoxy) is 1. The van der Waals surface area contributed by atoms with Gasteiger partial charge in [-0.1, -0.05) is 62.4 Å². The van der Waals surface area contributed by atoms with Crippen LogP contribution in [0.25, 0.3) is 11.1 Å². The Morgan fingerprint density at radius 1 is 0.941 bits per heavy atom. The second-order valence-corrected chi connectivity index (χ2v) is 10.7. The van der Waals surface area contributed by atoms with Gasteiger partial charge in [0, 0.05) is 19.0 Å². The lowest BCUT2D eigenvalue weighted by Crippen LogP contribution is -2.32. The number of aliphatic carboxylic acids is 1. The smallest absolute Gasteiger partial charge is 0.409 e. The molecule has 2 aromatic carbocycles. The minimum absolute atomic E-state index is 0.0105. The number of carboxylic acid groups (broad SMARTS) is 1. The van der Waals surface area contributed by atoms with Crippen molar-refractivity contribution in [2.24, 2.45) is 29.6 Å². The average molecular weight is 462 g/mol. The van der Waals surface area contributed by atoms with Gasteiger partial charge in [0.2, 0.25) is 0 Å². The molecule has 1 saturated carbocycles. The van der Waals surface area contributed by atoms with Gasteiger partial charge in [0.1, 0.15) is 6.61 Å². The minimum atomic E-state index is -0.787. The zero-order valence-corrected chi connectivity index (χ0v) is 20.2. The second kappa shape index (κ2) is 9.44. The van der Waals surface area contributed by atoms with E-state index in [1.165, 1.54) is 22.3 Å². The predicted molar refractivity (Wildman–Crippen MR) is 132 cm³/mol. The van der Waals surface area contributed by atoms with Crippen molar-refractivity contribution in [3.63, 3.8) is 0 Å². The normalized spacial score (nSPS) is 26.4. The van der Waals surface area contributed by atoms with Crippen molar-refractivity contribution in [3.8, 4) is 11.1 Å². The molecule has 1 heterocycles. The topological polar surface area (TPSA) is 66.8 Å². The number of nitrogens with zero attached hydrogens (tertiary/aromatic N) is 1. The Bertz CT molecular complexity index is 1010. The van der Waals surface area contributed by atoms with E-state index in [2.05, 4.69) is 38.1 Å². The number of rotatable bonds is 5. The lowest BCUT2D eigenvalue weighted by molar-refractivity contribution is -0.143. The molecule has 1 amide bonds. The van der Waals surface area contributed by atoms with Crippen LogP contribution in [0.1, 0.15) is 56.6 Å². The van der Waals surface area contributed by atoms with E-state index >= 15 is 0 Å². The first-order valence-corrected chi connectivity index (χ1v) is 12.8. The largest absolute Gasteiger partial charge is 0.481 e. The first-order valence-electron chi connectivity index (χ1n) is 12.8. The lowest BCUT2D eigenvalue weighted by Gasteiger charge is -2.35. The summed E-state index contributed by atoms with van der Waals surface area (Å²) in [5.74, 6) is 0.534. The standard InChI is InChI=1S/C29H35NO4/c1-18(2)19-11-13-20(14-12-19)25-15-30(16-26(25)28(31)32)29(33)34-17-27-23-9-5-3-7-21(23)22-8-4-6-10-24(22)27/h3-10,18-20,25-27H,11-17H2,1-2H3,(H,31,32). The molecule has 2 aromatic rings. The summed E-state index contributed by atoms with van der Waals surface area (Å²) in [7, 11) is 0. The van der Waals surface area contributed by atoms with Gasteiger partial charge in [-0.05, 0) is 71.6 Å². The van der Waals surface area contributed by atoms with Crippen molar-refractivity contribution < 1.29 is 19.4 Å². The maximum atomic E-state index is 13.1. The Balaban J connectivity index is 1.25. The summed E-state index contributed by atoms with van der Waals surface area (Å²) in [5.41, 5.74) is 4.76. The highest BCUT2D eigenvalue weighted by molar-refractivity contribution is 5.79. The number of likely N-dealkylation sites (tertiary alicyclic amines) is 1. The summed E-state index contributed by atoms with van der Waals surface area (Å²) in [6, 6.07) is 16.6. The molecule has 0 radical (unpaired) electrons. The van der Waals surface area contributed by atoms with Crippen molar-refractivity contribution in [1.29, 1.82) is 0 Å². The number of amides is 1. The summed E-state index contributed by atoms with van der Waals surface area (Å²) in [5, 5.41) is 9.90. The monoisotopic (exact) mass is 461 g/mol. The number of carbonyl (C=O) groups is 2. The summed E-state index contributed by atoms with van der Waals surface area (Å²) in [6.45, 7) is 5.57. The molecular formula is C29H35NO4. The van der Waals surface area contributed by atoms with Gasteiger partial charge in [-0.25, -0.2) is 4.79 Å². The molecule has 5 heteroatoms. The molecule has 5 nitrogen and oxygen atoms in total. The van der Waals surface area contributed by atoms with Gasteiger partial charge >= 0.3 is 12.1 Å². The fourth-order valence-electron chi connectivity index (χ4n) is 6.64. The van der Waals surface area contributed by atoms with Gasteiger partial charge in [0.25, 0.3) is 0 Å². The zero-order valence-electron chi connectivity index (χ0n) is 20.2. The Hall–Kier alpha value is -2.82. The molecule has 180 valence electrons. The Morgan fingerprint density at radius 2 is 1.53 bits per heavy atom. The average Bonchev–Trinajstić information content (AvgIpc) is 3.43. The Kier molecular flexibility index (Phi) is 6.37. The van der Waals surface area contributed by atoms with E-state index in [4.69, 9.17) is 4.74 Å². The van der Waals surface area contributed by atoms with Crippen molar-refractivity contribution in [3.05, 3.63) is 59.7 Å². The number of hydrogen-bond donors (Lipinski definition) is 1. The SMILES string of the molecule is CC(C)C1CCC(C2CN(C(=O)OCC3c4ccccc4-c4ccccc43)CC2C(=O)O)CC1. The van der Waals surface area contributed by atoms with Crippen LogP contribution in [0.4, 0.5) is 4.79 Å². The van der Waals surface area contributed by atoms with Crippen LogP contribution in [-0.4, -0.2) is 41.8 Å². The van der Waals surface area contributed by atoms with Crippen LogP contribution < -0.4 is 0 Å². The van der Waals surface area contributed by atoms with E-state index < -0.39 is 11.9 Å². The summed E-state index contributed by atoms with van der Waals surface area (Å²) >= 11 is 0. The molecule has 2 unspecified atom stereocenters. The van der Waals surface area contributed by atoms with Crippen molar-refractivity contribution in [2.75, 3.05) is 19.7 Å². The first-order chi connectivity index (χ1) is 16.4. The van der Waals surface area contributed by atoms with E-state index in [0.717, 1.165) is 31.6 Å². The first kappa shape index (κ1) is 22.9. The van der Waals surface area contributed by atoms with Crippen LogP contribution in [0, 0.1) is 29.6 Å². The van der Waals surface area contributed by atoms with Crippen molar-refractivity contribution in [1.82, 2.24) is 4.90 Å². The van der Waals surface area contributed by atoms with E-state index in [9.17, 15) is 14.7 Å². The number of carbonyl (C=O) groups excluding carboxylic acids is 1. The van der Waals surface area contributed by atoms with Gasteiger partial charge in [-0.15, -0.1) is 0 Å². The summed E-state index contributed by atoms with van der Waals surface area (Å²) in [6.07, 6.45) is 4.07. The van der Waals surface area contributed by atoms with Gasteiger partial charge < -0.3 is 14.7 Å². The second-order valence-electron chi connectivity index (χ2n) is 10.7. The third-order valence-electron chi connectivity index (χ3n) is 8.64. The van der Waals surface area contributed by atoms with Gasteiger partial charge in [-0.3, -0.25) is 4.79 Å². The molecular weight excluding hydrogens is 426 g/mol. The molecule has 0 spiro atoms. The molecule has 1 aliphatic heterocycles. The number of fused-ring (bicyclic) bond motifs is 3. The quantitative estimate of drug-likeness (QED) is 0.590. The highest BCUT2D eigenvalue weighted by Gasteiger charge is 2.45. The van der Waals surface area contributed by atoms with Gasteiger partial charge in [0.15, 0.2) is 0 Å². The Morgan fingerprint density at radius 3 is 2.09 bits per heavy atom. The van der Waals surface area contributed by atoms with Gasteiger partial charge in [0.05, 0.1) is 5.92 Å². The molecule has 1 N–H and O–H groups in total. The summed E-state index contributed by atoms with van der Waals surface area (Å²) in [4.78, 5) is 26.8. The third-order valence-corrected chi connectivity index (χ3v) is 8.64. The number of benzene rings is 2. The number of hydrogen-bond acceptors (Lipinski definition) is 3. The maximum absolute atomic E-state index is 13.1. The van der Waals surface area contributed by atoms with E-state index in [1.54, 1.807) is 4.90 Å². The fourth-order valence-corrected chi connectivity index (χ4v) is 6.64. The van der Waals surface area contributed by atoms with Crippen LogP contribution in [0.3, 0.4) is 0 Å².